The van der Waals surface area contributed by atoms with Gasteiger partial charge >= 0.3 is 0 Å². The molecule has 43 heavy (non-hydrogen) atoms. The normalized spacial score (nSPS) is 15.0. The second kappa shape index (κ2) is 11.8. The minimum absolute atomic E-state index is 0.181. The molecule has 1 saturated heterocycles. The van der Waals surface area contributed by atoms with Crippen LogP contribution >= 0.6 is 11.3 Å². The Morgan fingerprint density at radius 1 is 1.07 bits per heavy atom. The molecule has 2 N–H and O–H groups in total. The van der Waals surface area contributed by atoms with E-state index in [1.165, 1.54) is 0 Å². The van der Waals surface area contributed by atoms with Gasteiger partial charge < -0.3 is 19.9 Å². The second-order valence-electron chi connectivity index (χ2n) is 10.5. The highest BCUT2D eigenvalue weighted by molar-refractivity contribution is 7.13. The zero-order valence-corrected chi connectivity index (χ0v) is 24.4. The number of benzene rings is 2. The van der Waals surface area contributed by atoms with E-state index >= 15 is 0 Å². The molecule has 6 aromatic rings. The van der Waals surface area contributed by atoms with E-state index in [2.05, 4.69) is 25.6 Å². The van der Waals surface area contributed by atoms with Gasteiger partial charge in [0.25, 0.3) is 5.56 Å². The van der Waals surface area contributed by atoms with Crippen molar-refractivity contribution in [2.24, 2.45) is 7.05 Å². The van der Waals surface area contributed by atoms with E-state index in [0.29, 0.717) is 29.5 Å². The van der Waals surface area contributed by atoms with Gasteiger partial charge in [-0.25, -0.2) is 15.0 Å². The first-order chi connectivity index (χ1) is 21.1. The predicted octanol–water partition coefficient (Wildman–Crippen LogP) is 5.24. The van der Waals surface area contributed by atoms with Crippen molar-refractivity contribution in [1.29, 1.82) is 0 Å². The Kier molecular flexibility index (Phi) is 7.40. The molecule has 1 aliphatic heterocycles. The van der Waals surface area contributed by atoms with Crippen LogP contribution in [-0.2, 0) is 13.6 Å². The van der Waals surface area contributed by atoms with Gasteiger partial charge in [-0.15, -0.1) is 11.3 Å². The summed E-state index contributed by atoms with van der Waals surface area (Å²) >= 11 is 1.57. The Bertz CT molecular complexity index is 1930. The molecule has 0 spiro atoms. The van der Waals surface area contributed by atoms with Crippen LogP contribution < -0.4 is 20.9 Å². The molecule has 216 valence electrons. The van der Waals surface area contributed by atoms with E-state index in [9.17, 15) is 4.79 Å². The fourth-order valence-corrected chi connectivity index (χ4v) is 6.10. The standard InChI is InChI=1S/C32H30N8O2S/c1-39-15-13-34-29(39)27-17-22-18-36-32(37-23-8-10-24(11-9-23)42-25-6-4-12-33-19-25)38-28(22)40(31(27)41)20-21-5-2-3-7-26(21)30-35-14-16-43-30/h2-3,5,7-11,13-18,25,33H,4,6,12,19-20H2,1H3,(H,36,37,38). The zero-order chi connectivity index (χ0) is 29.2. The molecule has 0 saturated carbocycles. The lowest BCUT2D eigenvalue weighted by Gasteiger charge is -2.24. The smallest absolute Gasteiger partial charge is 0.263 e. The van der Waals surface area contributed by atoms with Crippen molar-refractivity contribution in [2.45, 2.75) is 25.5 Å². The number of thiazole rings is 1. The number of nitrogens with one attached hydrogen (secondary N) is 2. The molecule has 0 amide bonds. The van der Waals surface area contributed by atoms with Gasteiger partial charge in [-0.1, -0.05) is 24.3 Å². The van der Waals surface area contributed by atoms with Crippen molar-refractivity contribution < 1.29 is 4.74 Å². The highest BCUT2D eigenvalue weighted by Crippen LogP contribution is 2.28. The molecule has 1 unspecified atom stereocenters. The van der Waals surface area contributed by atoms with Gasteiger partial charge in [0.2, 0.25) is 5.95 Å². The van der Waals surface area contributed by atoms with Crippen LogP contribution in [0.3, 0.4) is 0 Å². The Morgan fingerprint density at radius 2 is 1.95 bits per heavy atom. The summed E-state index contributed by atoms with van der Waals surface area (Å²) in [5, 5.41) is 10.3. The lowest BCUT2D eigenvalue weighted by molar-refractivity contribution is 0.167. The summed E-state index contributed by atoms with van der Waals surface area (Å²) in [4.78, 5) is 32.5. The Balaban J connectivity index is 1.25. The maximum Gasteiger partial charge on any atom is 0.263 e. The van der Waals surface area contributed by atoms with Gasteiger partial charge in [-0.05, 0) is 55.3 Å². The number of imidazole rings is 1. The number of hydrogen-bond donors (Lipinski definition) is 2. The van der Waals surface area contributed by atoms with Crippen LogP contribution in [0.2, 0.25) is 0 Å². The summed E-state index contributed by atoms with van der Waals surface area (Å²) in [6, 6.07) is 17.6. The van der Waals surface area contributed by atoms with E-state index in [0.717, 1.165) is 58.9 Å². The van der Waals surface area contributed by atoms with Crippen molar-refractivity contribution in [3.8, 4) is 27.7 Å². The molecule has 5 heterocycles. The first kappa shape index (κ1) is 27.0. The third-order valence-corrected chi connectivity index (χ3v) is 8.37. The van der Waals surface area contributed by atoms with Crippen LogP contribution in [0.1, 0.15) is 18.4 Å². The average molecular weight is 591 g/mol. The largest absolute Gasteiger partial charge is 0.489 e. The number of aromatic nitrogens is 6. The summed E-state index contributed by atoms with van der Waals surface area (Å²) in [5.41, 5.74) is 3.60. The van der Waals surface area contributed by atoms with Crippen LogP contribution in [0.5, 0.6) is 5.75 Å². The number of rotatable bonds is 8. The number of piperidine rings is 1. The van der Waals surface area contributed by atoms with Crippen LogP contribution in [0.4, 0.5) is 11.6 Å². The minimum atomic E-state index is -0.181. The summed E-state index contributed by atoms with van der Waals surface area (Å²) < 4.78 is 9.66. The van der Waals surface area contributed by atoms with Crippen LogP contribution in [0.25, 0.3) is 33.0 Å². The number of ether oxygens (including phenoxy) is 1. The number of nitrogens with zero attached hydrogens (tertiary/aromatic N) is 6. The first-order valence-electron chi connectivity index (χ1n) is 14.2. The van der Waals surface area contributed by atoms with Gasteiger partial charge in [-0.3, -0.25) is 9.36 Å². The maximum absolute atomic E-state index is 14.1. The van der Waals surface area contributed by atoms with E-state index in [1.54, 1.807) is 34.5 Å². The molecule has 1 aliphatic rings. The lowest BCUT2D eigenvalue weighted by Crippen LogP contribution is -2.37. The second-order valence-corrected chi connectivity index (χ2v) is 11.4. The zero-order valence-electron chi connectivity index (χ0n) is 23.6. The summed E-state index contributed by atoms with van der Waals surface area (Å²) in [5.74, 6) is 1.80. The highest BCUT2D eigenvalue weighted by Gasteiger charge is 2.18. The molecule has 1 fully saturated rings. The molecule has 4 aromatic heterocycles. The Hall–Kier alpha value is -4.87. The molecule has 0 bridgehead atoms. The summed E-state index contributed by atoms with van der Waals surface area (Å²) in [7, 11) is 1.87. The van der Waals surface area contributed by atoms with Crippen molar-refractivity contribution >= 4 is 34.0 Å². The molecule has 10 nitrogen and oxygen atoms in total. The predicted molar refractivity (Wildman–Crippen MR) is 169 cm³/mol. The van der Waals surface area contributed by atoms with Gasteiger partial charge in [0.15, 0.2) is 0 Å². The molecular formula is C32H30N8O2S. The highest BCUT2D eigenvalue weighted by atomic mass is 32.1. The van der Waals surface area contributed by atoms with Crippen LogP contribution in [0.15, 0.2) is 89.6 Å². The molecule has 0 aliphatic carbocycles. The number of anilines is 2. The minimum Gasteiger partial charge on any atom is -0.489 e. The molecule has 2 aromatic carbocycles. The number of fused-ring (bicyclic) bond motifs is 1. The molecule has 11 heteroatoms. The van der Waals surface area contributed by atoms with Gasteiger partial charge in [-0.2, -0.15) is 4.98 Å². The molecule has 1 atom stereocenters. The van der Waals surface area contributed by atoms with Gasteiger partial charge in [0, 0.05) is 60.4 Å². The van der Waals surface area contributed by atoms with Gasteiger partial charge in [0.05, 0.1) is 12.1 Å². The fourth-order valence-electron chi connectivity index (χ4n) is 5.40. The Labute approximate surface area is 252 Å². The average Bonchev–Trinajstić information content (AvgIpc) is 3.73. The third kappa shape index (κ3) is 5.64. The van der Waals surface area contributed by atoms with Crippen molar-refractivity contribution in [1.82, 2.24) is 34.4 Å². The fraction of sp³-hybridized carbons (Fsp3) is 0.219. The monoisotopic (exact) mass is 590 g/mol. The SMILES string of the molecule is Cn1ccnc1-c1cc2cnc(Nc3ccc(OC4CCCNC4)cc3)nc2n(Cc2ccccc2-c2nccs2)c1=O. The maximum atomic E-state index is 14.1. The topological polar surface area (TPSA) is 112 Å². The lowest BCUT2D eigenvalue weighted by atomic mass is 10.1. The van der Waals surface area contributed by atoms with Crippen LogP contribution in [-0.4, -0.2) is 48.3 Å². The summed E-state index contributed by atoms with van der Waals surface area (Å²) in [6.07, 6.45) is 9.40. The van der Waals surface area contributed by atoms with E-state index < -0.39 is 0 Å². The van der Waals surface area contributed by atoms with E-state index in [1.807, 2.05) is 77.8 Å². The van der Waals surface area contributed by atoms with Gasteiger partial charge in [0.1, 0.15) is 28.3 Å². The van der Waals surface area contributed by atoms with E-state index in [-0.39, 0.29) is 11.7 Å². The molecular weight excluding hydrogens is 560 g/mol. The number of hydrogen-bond acceptors (Lipinski definition) is 9. The van der Waals surface area contributed by atoms with Crippen molar-refractivity contribution in [3.05, 3.63) is 101 Å². The number of aryl methyl sites for hydroxylation is 1. The van der Waals surface area contributed by atoms with Crippen molar-refractivity contribution in [3.63, 3.8) is 0 Å². The summed E-state index contributed by atoms with van der Waals surface area (Å²) in [6.45, 7) is 2.22. The van der Waals surface area contributed by atoms with Crippen LogP contribution in [0, 0.1) is 0 Å². The molecule has 7 rings (SSSR count). The Morgan fingerprint density at radius 3 is 2.72 bits per heavy atom. The molecule has 0 radical (unpaired) electrons. The van der Waals surface area contributed by atoms with E-state index in [4.69, 9.17) is 9.72 Å². The van der Waals surface area contributed by atoms with Crippen molar-refractivity contribution in [2.75, 3.05) is 18.4 Å². The third-order valence-electron chi connectivity index (χ3n) is 7.56. The first-order valence-corrected chi connectivity index (χ1v) is 15.1. The number of pyridine rings is 1. The quantitative estimate of drug-likeness (QED) is 0.248.